The molecule has 3 saturated heterocycles. The highest BCUT2D eigenvalue weighted by molar-refractivity contribution is 8.77. The van der Waals surface area contributed by atoms with Gasteiger partial charge in [0.15, 0.2) is 0 Å². The van der Waals surface area contributed by atoms with Crippen molar-refractivity contribution in [3.63, 3.8) is 0 Å². The van der Waals surface area contributed by atoms with E-state index < -0.39 is 138 Å². The van der Waals surface area contributed by atoms with Gasteiger partial charge >= 0.3 is 12.1 Å². The first-order valence-corrected chi connectivity index (χ1v) is 46.4. The first kappa shape index (κ1) is 99.8. The standard InChI is InChI=1S/C91H123ClN18O15S2/c1-56(2)46-71(81(114)101-70(18-10-11-37-96-57(3)4)89(122)110-40-13-19-78(110)88(121)99-58(5)80(93)113)102-82(115)73(50-61-28-33-68(34-29-61)100-91(124)98-39-38-97-79(112)20-9-8-17-69-35-45-126-127-69)103-84(117)74(48-59-21-23-62(24-22-59)54-109-41-43-125-44-42-109)106-87(120)77(55-111)107-85(118)75(52-64-14-12-36-95-53-64)105-83(116)72(49-60-26-31-67(92)32-27-60)104-86(119)76(108-90(94)123)51-63-25-30-65-15-6-7-16-66(65)47-63/h6-7,12,14-16,21-34,36,47,53,56-58,69-78,96,111H,8-11,13,17-20,35,37-46,48-52,54-55H2,1-5H3,(H2,93,113)(H,97,112)(H,99,121)(H,101,114)(H,102,115)(H,103,117)(H,104,119)(H,105,116)(H,106,120)(H,107,118)(H3,94,108,123)(H2,98,100,124)/t58-,69?,70+,71+,72-,73-,74+,75-,76-,77+,78+/m1/s1. The van der Waals surface area contributed by atoms with Crippen molar-refractivity contribution in [1.82, 2.24) is 78.6 Å². The number of unbranched alkanes of at least 4 members (excludes halogenated alkanes) is 2. The third-order valence-electron chi connectivity index (χ3n) is 22.1. The fourth-order valence-electron chi connectivity index (χ4n) is 15.1. The predicted molar refractivity (Wildman–Crippen MR) is 489 cm³/mol. The van der Waals surface area contributed by atoms with Crippen molar-refractivity contribution in [1.29, 1.82) is 0 Å². The fraction of sp³-hybridized carbons (Fsp3) is 0.495. The number of ether oxygens (including phenoxy) is 1. The lowest BCUT2D eigenvalue weighted by atomic mass is 9.99. The summed E-state index contributed by atoms with van der Waals surface area (Å²) in [5.41, 5.74) is 15.0. The number of benzene rings is 5. The average molecular weight is 1810 g/mol. The van der Waals surface area contributed by atoms with E-state index in [0.717, 1.165) is 41.4 Å². The molecule has 36 heteroatoms. The molecular formula is C91H123ClN18O15S2. The molecule has 9 rings (SSSR count). The number of amides is 15. The Kier molecular flexibility index (Phi) is 40.7. The molecule has 33 nitrogen and oxygen atoms in total. The molecule has 3 fully saturated rings. The van der Waals surface area contributed by atoms with E-state index in [0.29, 0.717) is 109 Å². The Hall–Kier alpha value is -10.9. The van der Waals surface area contributed by atoms with E-state index in [1.807, 2.05) is 97.8 Å². The summed E-state index contributed by atoms with van der Waals surface area (Å²) in [6, 6.07) is 21.0. The lowest BCUT2D eigenvalue weighted by Crippen LogP contribution is -2.62. The predicted octanol–water partition coefficient (Wildman–Crippen LogP) is 4.80. The molecule has 4 heterocycles. The highest BCUT2D eigenvalue weighted by atomic mass is 35.5. The van der Waals surface area contributed by atoms with Crippen LogP contribution in [0, 0.1) is 5.92 Å². The van der Waals surface area contributed by atoms with Crippen LogP contribution in [-0.4, -0.2) is 233 Å². The smallest absolute Gasteiger partial charge is 0.319 e. The van der Waals surface area contributed by atoms with E-state index in [1.54, 1.807) is 78.9 Å². The highest BCUT2D eigenvalue weighted by Gasteiger charge is 2.41. The van der Waals surface area contributed by atoms with Crippen molar-refractivity contribution >= 4 is 127 Å². The lowest BCUT2D eigenvalue weighted by molar-refractivity contribution is -0.142. The van der Waals surface area contributed by atoms with Crippen LogP contribution in [0.15, 0.2) is 140 Å². The number of primary amides is 2. The molecule has 1 aromatic heterocycles. The number of morpholine rings is 1. The molecule has 0 radical (unpaired) electrons. The van der Waals surface area contributed by atoms with Gasteiger partial charge in [-0.2, -0.15) is 0 Å². The summed E-state index contributed by atoms with van der Waals surface area (Å²) in [7, 11) is 3.79. The zero-order chi connectivity index (χ0) is 91.3. The van der Waals surface area contributed by atoms with E-state index in [2.05, 4.69) is 79.0 Å². The van der Waals surface area contributed by atoms with Crippen molar-refractivity contribution in [2.45, 2.75) is 216 Å². The average Bonchev–Trinajstić information content (AvgIpc) is 1.73. The van der Waals surface area contributed by atoms with Crippen molar-refractivity contribution in [2.75, 3.05) is 70.2 Å². The maximum Gasteiger partial charge on any atom is 0.319 e. The fourth-order valence-corrected chi connectivity index (χ4v) is 18.3. The van der Waals surface area contributed by atoms with Gasteiger partial charge in [0.25, 0.3) is 0 Å². The Balaban J connectivity index is 0.989. The number of likely N-dealkylation sites (tertiary alicyclic amines) is 1. The molecule has 15 amide bonds. The number of anilines is 1. The SMILES string of the molecule is CC(C)C[C@H](NC(=O)[C@@H](Cc1ccc(NC(=O)NCCNC(=O)CCCCC2CCSS2)cc1)NC(=O)[C@H](Cc1ccc(CN2CCOCC2)cc1)NC(=O)[C@H](CO)NC(=O)[C@@H](Cc1cccnc1)NC(=O)[C@@H](Cc1ccc(Cl)cc1)NC(=O)[C@@H](Cc1ccc2ccccc2c1)NC(N)=O)C(=O)N[C@@H](CCCCNC(C)C)C(=O)N1CCC[C@H]1C(=O)N[C@H](C)C(N)=O. The number of hydrogen-bond acceptors (Lipinski definition) is 20. The molecule has 127 heavy (non-hydrogen) atoms. The number of halogens is 1. The molecule has 0 spiro atoms. The van der Waals surface area contributed by atoms with Gasteiger partial charge in [0.2, 0.25) is 65.0 Å². The van der Waals surface area contributed by atoms with Crippen LogP contribution in [-0.2, 0) is 96.1 Å². The molecule has 11 atom stereocenters. The molecular weight excluding hydrogens is 1680 g/mol. The number of carbonyl (C=O) groups excluding carboxylic acids is 13. The number of nitrogens with two attached hydrogens (primary N) is 2. The van der Waals surface area contributed by atoms with Gasteiger partial charge in [0, 0.05) is 118 Å². The first-order valence-electron chi connectivity index (χ1n) is 43.6. The maximum absolute atomic E-state index is 15.7. The van der Waals surface area contributed by atoms with Crippen molar-refractivity contribution in [2.24, 2.45) is 17.4 Å². The minimum absolute atomic E-state index is 0.0107. The number of urea groups is 2. The second-order valence-electron chi connectivity index (χ2n) is 33.1. The third-order valence-corrected chi connectivity index (χ3v) is 25.3. The Bertz CT molecular complexity index is 4650. The van der Waals surface area contributed by atoms with Crippen LogP contribution in [0.2, 0.25) is 5.02 Å². The van der Waals surface area contributed by atoms with Gasteiger partial charge in [0.05, 0.1) is 19.8 Å². The zero-order valence-electron chi connectivity index (χ0n) is 72.7. The number of nitrogens with one attached hydrogen (secondary N) is 13. The molecule has 1 unspecified atom stereocenters. The summed E-state index contributed by atoms with van der Waals surface area (Å²) in [4.78, 5) is 193. The maximum atomic E-state index is 15.7. The minimum Gasteiger partial charge on any atom is -0.394 e. The molecule has 18 N–H and O–H groups in total. The Morgan fingerprint density at radius 3 is 1.65 bits per heavy atom. The van der Waals surface area contributed by atoms with Gasteiger partial charge in [-0.3, -0.25) is 62.6 Å². The van der Waals surface area contributed by atoms with Gasteiger partial charge in [-0.25, -0.2) is 9.59 Å². The second kappa shape index (κ2) is 51.8. The van der Waals surface area contributed by atoms with Crippen molar-refractivity contribution in [3.8, 4) is 0 Å². The molecule has 0 saturated carbocycles. The highest BCUT2D eigenvalue weighted by Crippen LogP contribution is 2.40. The number of pyridine rings is 1. The molecule has 686 valence electrons. The number of aromatic nitrogens is 1. The van der Waals surface area contributed by atoms with E-state index in [4.69, 9.17) is 27.8 Å². The quantitative estimate of drug-likeness (QED) is 0.0180. The van der Waals surface area contributed by atoms with Crippen molar-refractivity contribution < 1.29 is 72.2 Å². The number of aliphatic hydroxyl groups is 1. The third kappa shape index (κ3) is 34.0. The summed E-state index contributed by atoms with van der Waals surface area (Å²) in [5, 5.41) is 50.4. The number of nitrogens with zero attached hydrogens (tertiary/aromatic N) is 3. The summed E-state index contributed by atoms with van der Waals surface area (Å²) in [5.74, 6) is -7.55. The first-order chi connectivity index (χ1) is 61.0. The Morgan fingerprint density at radius 2 is 1.07 bits per heavy atom. The summed E-state index contributed by atoms with van der Waals surface area (Å²) in [6.45, 7) is 12.2. The summed E-state index contributed by atoms with van der Waals surface area (Å²) < 4.78 is 5.58. The van der Waals surface area contributed by atoms with Crippen LogP contribution in [0.5, 0.6) is 0 Å². The van der Waals surface area contributed by atoms with E-state index in [9.17, 15) is 38.7 Å². The second-order valence-corrected chi connectivity index (χ2v) is 36.3. The number of hydrogen-bond donors (Lipinski definition) is 16. The summed E-state index contributed by atoms with van der Waals surface area (Å²) in [6.07, 6.45) is 8.17. The molecule has 3 aliphatic rings. The number of fused-ring (bicyclic) bond motifs is 1. The molecule has 6 aromatic rings. The topological polar surface area (TPSA) is 479 Å². The van der Waals surface area contributed by atoms with E-state index >= 15 is 28.8 Å². The van der Waals surface area contributed by atoms with Crippen LogP contribution >= 0.6 is 33.2 Å². The van der Waals surface area contributed by atoms with E-state index in [-0.39, 0.29) is 88.9 Å². The Morgan fingerprint density at radius 1 is 0.535 bits per heavy atom. The van der Waals surface area contributed by atoms with Crippen LogP contribution in [0.4, 0.5) is 15.3 Å². The van der Waals surface area contributed by atoms with Crippen LogP contribution in [0.25, 0.3) is 10.8 Å². The Labute approximate surface area is 754 Å². The number of carbonyl (C=O) groups is 13. The van der Waals surface area contributed by atoms with Crippen LogP contribution in [0.3, 0.4) is 0 Å². The molecule has 3 aliphatic heterocycles. The van der Waals surface area contributed by atoms with Gasteiger partial charge < -0.3 is 95.3 Å². The lowest BCUT2D eigenvalue weighted by Gasteiger charge is -2.31. The number of rotatable bonds is 49. The normalized spacial score (nSPS) is 16.7. The minimum atomic E-state index is -1.85. The van der Waals surface area contributed by atoms with Gasteiger partial charge in [-0.05, 0) is 152 Å². The van der Waals surface area contributed by atoms with Crippen molar-refractivity contribution in [3.05, 3.63) is 178 Å². The van der Waals surface area contributed by atoms with Gasteiger partial charge in [-0.1, -0.05) is 164 Å². The largest absolute Gasteiger partial charge is 0.394 e. The molecule has 0 aliphatic carbocycles. The monoisotopic (exact) mass is 1810 g/mol. The zero-order valence-corrected chi connectivity index (χ0v) is 75.1. The van der Waals surface area contributed by atoms with Gasteiger partial charge in [0.1, 0.15) is 60.4 Å². The van der Waals surface area contributed by atoms with Gasteiger partial charge in [-0.15, -0.1) is 0 Å². The summed E-state index contributed by atoms with van der Waals surface area (Å²) >= 11 is 6.30. The molecule has 0 bridgehead atoms. The number of aliphatic hydroxyl groups excluding tert-OH is 1. The molecule has 5 aromatic carbocycles. The van der Waals surface area contributed by atoms with Crippen LogP contribution in [0.1, 0.15) is 139 Å². The van der Waals surface area contributed by atoms with E-state index in [1.165, 1.54) is 30.6 Å². The van der Waals surface area contributed by atoms with Crippen LogP contribution < -0.4 is 80.6 Å².